The van der Waals surface area contributed by atoms with E-state index in [1.54, 1.807) is 23.7 Å². The number of hydrogen-bond donors (Lipinski definition) is 0. The first-order valence-electron chi connectivity index (χ1n) is 7.13. The summed E-state index contributed by atoms with van der Waals surface area (Å²) in [4.78, 5) is 16.7. The summed E-state index contributed by atoms with van der Waals surface area (Å²) in [6.07, 6.45) is 0.795. The quantitative estimate of drug-likeness (QED) is 0.639. The number of pyridine rings is 1. The zero-order valence-corrected chi connectivity index (χ0v) is 13.1. The van der Waals surface area contributed by atoms with E-state index in [0.29, 0.717) is 29.5 Å². The van der Waals surface area contributed by atoms with E-state index in [2.05, 4.69) is 16.2 Å². The fourth-order valence-electron chi connectivity index (χ4n) is 2.85. The summed E-state index contributed by atoms with van der Waals surface area (Å²) in [6.45, 7) is 4.06. The van der Waals surface area contributed by atoms with Crippen molar-refractivity contribution in [1.29, 1.82) is 5.26 Å². The van der Waals surface area contributed by atoms with Crippen molar-refractivity contribution in [3.8, 4) is 6.07 Å². The average molecular weight is 319 g/mol. The van der Waals surface area contributed by atoms with Gasteiger partial charge in [-0.25, -0.2) is 14.5 Å². The maximum absolute atomic E-state index is 12.4. The molecule has 114 valence electrons. The first-order chi connectivity index (χ1) is 10.5. The van der Waals surface area contributed by atoms with Crippen LogP contribution in [0, 0.1) is 17.2 Å². The molecule has 2 atom stereocenters. The van der Waals surface area contributed by atoms with Gasteiger partial charge in [-0.3, -0.25) is 0 Å². The predicted octanol–water partition coefficient (Wildman–Crippen LogP) is 2.45. The molecular weight excluding hydrogens is 304 g/mol. The van der Waals surface area contributed by atoms with Crippen LogP contribution in [0.5, 0.6) is 0 Å². The van der Waals surface area contributed by atoms with E-state index >= 15 is 0 Å². The zero-order chi connectivity index (χ0) is 15.9. The van der Waals surface area contributed by atoms with Crippen molar-refractivity contribution < 1.29 is 9.53 Å². The minimum absolute atomic E-state index is 0.102. The van der Waals surface area contributed by atoms with E-state index < -0.39 is 5.54 Å². The molecular formula is C15H15ClN4O2. The number of carbonyl (C=O) groups is 1. The highest BCUT2D eigenvalue weighted by molar-refractivity contribution is 6.29. The van der Waals surface area contributed by atoms with Gasteiger partial charge in [0, 0.05) is 5.39 Å². The lowest BCUT2D eigenvalue weighted by molar-refractivity contribution is -0.149. The molecule has 0 amide bonds. The number of hydrogen-bond acceptors (Lipinski definition) is 5. The molecule has 1 aliphatic carbocycles. The Balaban J connectivity index is 2.20. The van der Waals surface area contributed by atoms with Gasteiger partial charge in [0.25, 0.3) is 0 Å². The molecule has 1 saturated carbocycles. The van der Waals surface area contributed by atoms with Crippen LogP contribution in [0.15, 0.2) is 12.1 Å². The standard InChI is InChI=1S/C15H15ClN4O2/c1-3-22-14(21)15(8-9(15)2)20-13-10(4-5-12(16)18-13)11(19-20)6-7-17/h4-5,9H,3,6,8H2,1-2H3/t9-,15-/m0/s1. The van der Waals surface area contributed by atoms with Gasteiger partial charge >= 0.3 is 5.97 Å². The maximum atomic E-state index is 12.4. The van der Waals surface area contributed by atoms with Crippen LogP contribution >= 0.6 is 11.6 Å². The predicted molar refractivity (Wildman–Crippen MR) is 80.2 cm³/mol. The molecule has 0 unspecified atom stereocenters. The van der Waals surface area contributed by atoms with E-state index in [9.17, 15) is 4.79 Å². The molecule has 0 radical (unpaired) electrons. The number of aromatic nitrogens is 3. The summed E-state index contributed by atoms with van der Waals surface area (Å²) in [5.74, 6) is -0.206. The van der Waals surface area contributed by atoms with Gasteiger partial charge in [-0.1, -0.05) is 18.5 Å². The molecule has 3 rings (SSSR count). The number of esters is 1. The minimum Gasteiger partial charge on any atom is -0.464 e. The van der Waals surface area contributed by atoms with Crippen LogP contribution in [0.25, 0.3) is 11.0 Å². The van der Waals surface area contributed by atoms with Crippen LogP contribution in [-0.2, 0) is 21.5 Å². The molecule has 22 heavy (non-hydrogen) atoms. The first-order valence-corrected chi connectivity index (χ1v) is 7.51. The van der Waals surface area contributed by atoms with Crippen LogP contribution in [0.3, 0.4) is 0 Å². The lowest BCUT2D eigenvalue weighted by Crippen LogP contribution is -2.33. The second-order valence-corrected chi connectivity index (χ2v) is 5.84. The van der Waals surface area contributed by atoms with Crippen LogP contribution in [0.4, 0.5) is 0 Å². The Hall–Kier alpha value is -2.13. The molecule has 2 heterocycles. The summed E-state index contributed by atoms with van der Waals surface area (Å²) >= 11 is 5.99. The fourth-order valence-corrected chi connectivity index (χ4v) is 2.99. The lowest BCUT2D eigenvalue weighted by Gasteiger charge is -2.16. The third kappa shape index (κ3) is 2.04. The SMILES string of the molecule is CCOC(=O)[C@]1(n2nc(CC#N)c3ccc(Cl)nc32)C[C@@H]1C. The van der Waals surface area contributed by atoms with Gasteiger partial charge in [-0.15, -0.1) is 0 Å². The summed E-state index contributed by atoms with van der Waals surface area (Å²) in [7, 11) is 0. The maximum Gasteiger partial charge on any atom is 0.334 e. The monoisotopic (exact) mass is 318 g/mol. The Labute approximate surface area is 132 Å². The molecule has 0 saturated heterocycles. The Morgan fingerprint density at radius 3 is 2.95 bits per heavy atom. The molecule has 0 bridgehead atoms. The van der Waals surface area contributed by atoms with Crippen molar-refractivity contribution in [1.82, 2.24) is 14.8 Å². The molecule has 1 aliphatic rings. The Kier molecular flexibility index (Phi) is 3.53. The third-order valence-corrected chi connectivity index (χ3v) is 4.31. The van der Waals surface area contributed by atoms with Crippen LogP contribution in [0.2, 0.25) is 5.15 Å². The van der Waals surface area contributed by atoms with Crippen molar-refractivity contribution in [3.05, 3.63) is 23.0 Å². The average Bonchev–Trinajstić information content (AvgIpc) is 3.04. The van der Waals surface area contributed by atoms with Crippen molar-refractivity contribution in [3.63, 3.8) is 0 Å². The second-order valence-electron chi connectivity index (χ2n) is 5.45. The van der Waals surface area contributed by atoms with Gasteiger partial charge in [0.2, 0.25) is 0 Å². The van der Waals surface area contributed by atoms with E-state index in [1.165, 1.54) is 0 Å². The van der Waals surface area contributed by atoms with Gasteiger partial charge in [-0.05, 0) is 31.4 Å². The van der Waals surface area contributed by atoms with E-state index in [4.69, 9.17) is 21.6 Å². The number of ether oxygens (including phenoxy) is 1. The molecule has 2 aromatic rings. The highest BCUT2D eigenvalue weighted by atomic mass is 35.5. The van der Waals surface area contributed by atoms with Gasteiger partial charge < -0.3 is 4.74 Å². The van der Waals surface area contributed by atoms with Crippen molar-refractivity contribution >= 4 is 28.6 Å². The number of halogens is 1. The van der Waals surface area contributed by atoms with E-state index in [-0.39, 0.29) is 18.3 Å². The van der Waals surface area contributed by atoms with Crippen LogP contribution in [0.1, 0.15) is 26.0 Å². The molecule has 6 nitrogen and oxygen atoms in total. The topological polar surface area (TPSA) is 80.8 Å². The van der Waals surface area contributed by atoms with Crippen LogP contribution < -0.4 is 0 Å². The lowest BCUT2D eigenvalue weighted by atomic mass is 10.2. The summed E-state index contributed by atoms with van der Waals surface area (Å²) in [6, 6.07) is 5.53. The fraction of sp³-hybridized carbons (Fsp3) is 0.467. The van der Waals surface area contributed by atoms with Gasteiger partial charge in [0.1, 0.15) is 5.15 Å². The molecule has 0 aromatic carbocycles. The minimum atomic E-state index is -0.834. The summed E-state index contributed by atoms with van der Waals surface area (Å²) in [5, 5.41) is 14.5. The van der Waals surface area contributed by atoms with Crippen molar-refractivity contribution in [2.45, 2.75) is 32.2 Å². The smallest absolute Gasteiger partial charge is 0.334 e. The number of nitrogens with zero attached hydrogens (tertiary/aromatic N) is 4. The zero-order valence-electron chi connectivity index (χ0n) is 12.3. The molecule has 0 spiro atoms. The number of fused-ring (bicyclic) bond motifs is 1. The van der Waals surface area contributed by atoms with Gasteiger partial charge in [-0.2, -0.15) is 10.4 Å². The van der Waals surface area contributed by atoms with Crippen molar-refractivity contribution in [2.24, 2.45) is 5.92 Å². The third-order valence-electron chi connectivity index (χ3n) is 4.10. The normalized spacial score (nSPS) is 23.3. The highest BCUT2D eigenvalue weighted by Gasteiger charge is 2.62. The largest absolute Gasteiger partial charge is 0.464 e. The molecule has 2 aromatic heterocycles. The molecule has 7 heteroatoms. The van der Waals surface area contributed by atoms with Gasteiger partial charge in [0.15, 0.2) is 11.2 Å². The van der Waals surface area contributed by atoms with E-state index in [1.807, 2.05) is 6.92 Å². The van der Waals surface area contributed by atoms with Crippen LogP contribution in [-0.4, -0.2) is 27.3 Å². The highest BCUT2D eigenvalue weighted by Crippen LogP contribution is 2.52. The number of nitriles is 1. The van der Waals surface area contributed by atoms with E-state index in [0.717, 1.165) is 5.39 Å². The first kappa shape index (κ1) is 14.8. The number of rotatable bonds is 4. The Bertz CT molecular complexity index is 795. The number of carbonyl (C=O) groups excluding carboxylic acids is 1. The second kappa shape index (κ2) is 5.25. The molecule has 0 N–H and O–H groups in total. The summed E-state index contributed by atoms with van der Waals surface area (Å²) < 4.78 is 6.82. The molecule has 0 aliphatic heterocycles. The Morgan fingerprint density at radius 2 is 2.36 bits per heavy atom. The Morgan fingerprint density at radius 1 is 1.64 bits per heavy atom. The molecule has 1 fully saturated rings. The van der Waals surface area contributed by atoms with Gasteiger partial charge in [0.05, 0.1) is 24.8 Å². The van der Waals surface area contributed by atoms with Crippen molar-refractivity contribution in [2.75, 3.05) is 6.61 Å². The summed E-state index contributed by atoms with van der Waals surface area (Å²) in [5.41, 5.74) is 0.291.